The quantitative estimate of drug-likeness (QED) is 0.0609. The molecule has 0 radical (unpaired) electrons. The lowest BCUT2D eigenvalue weighted by Crippen LogP contribution is -2.37. The molecular formula is C30H54NO7P. The topological polar surface area (TPSA) is 94.1 Å². The van der Waals surface area contributed by atoms with E-state index in [-0.39, 0.29) is 19.8 Å². The molecule has 39 heavy (non-hydrogen) atoms. The van der Waals surface area contributed by atoms with Gasteiger partial charge in [-0.05, 0) is 30.5 Å². The van der Waals surface area contributed by atoms with Crippen LogP contribution in [0.4, 0.5) is 0 Å². The largest absolute Gasteiger partial charge is 0.756 e. The summed E-state index contributed by atoms with van der Waals surface area (Å²) in [6, 6.07) is 7.84. The summed E-state index contributed by atoms with van der Waals surface area (Å²) in [7, 11) is 1.28. The van der Waals surface area contributed by atoms with Gasteiger partial charge in [-0.3, -0.25) is 9.36 Å². The van der Waals surface area contributed by atoms with Crippen molar-refractivity contribution in [1.29, 1.82) is 0 Å². The highest BCUT2D eigenvalue weighted by atomic mass is 31.2. The zero-order valence-corrected chi connectivity index (χ0v) is 26.1. The minimum atomic E-state index is -4.52. The van der Waals surface area contributed by atoms with Crippen molar-refractivity contribution in [1.82, 2.24) is 0 Å². The Bertz CT molecular complexity index is 828. The van der Waals surface area contributed by atoms with E-state index in [0.717, 1.165) is 12.8 Å². The predicted octanol–water partition coefficient (Wildman–Crippen LogP) is 6.45. The van der Waals surface area contributed by atoms with Crippen LogP contribution >= 0.6 is 7.82 Å². The zero-order valence-electron chi connectivity index (χ0n) is 25.2. The lowest BCUT2D eigenvalue weighted by Gasteiger charge is -2.28. The fourth-order valence-corrected chi connectivity index (χ4v) is 4.87. The van der Waals surface area contributed by atoms with Gasteiger partial charge in [-0.1, -0.05) is 89.7 Å². The van der Waals surface area contributed by atoms with Crippen LogP contribution in [-0.4, -0.2) is 64.1 Å². The number of phosphoric ester groups is 1. The third-order valence-electron chi connectivity index (χ3n) is 6.42. The van der Waals surface area contributed by atoms with Crippen LogP contribution in [-0.2, 0) is 29.6 Å². The maximum absolute atomic E-state index is 12.1. The molecule has 1 aromatic carbocycles. The van der Waals surface area contributed by atoms with Crippen LogP contribution in [0.15, 0.2) is 24.3 Å². The van der Waals surface area contributed by atoms with E-state index in [2.05, 4.69) is 13.0 Å². The first-order chi connectivity index (χ1) is 18.5. The summed E-state index contributed by atoms with van der Waals surface area (Å²) >= 11 is 0. The number of carbonyl (C=O) groups excluding carboxylic acids is 1. The average molecular weight is 572 g/mol. The molecule has 0 N–H and O–H groups in total. The summed E-state index contributed by atoms with van der Waals surface area (Å²) in [6.07, 6.45) is 16.0. The lowest BCUT2D eigenvalue weighted by atomic mass is 10.0. The Balaban J connectivity index is 2.33. The second-order valence-corrected chi connectivity index (χ2v) is 12.8. The smallest absolute Gasteiger partial charge is 0.303 e. The first-order valence-electron chi connectivity index (χ1n) is 14.8. The molecular weight excluding hydrogens is 517 g/mol. The number of rotatable bonds is 24. The predicted molar refractivity (Wildman–Crippen MR) is 155 cm³/mol. The molecule has 0 saturated carbocycles. The molecule has 0 amide bonds. The van der Waals surface area contributed by atoms with Crippen LogP contribution in [0.3, 0.4) is 0 Å². The molecule has 1 aromatic rings. The number of hydrogen-bond acceptors (Lipinski definition) is 7. The monoisotopic (exact) mass is 571 g/mol. The molecule has 0 aliphatic carbocycles. The summed E-state index contributed by atoms with van der Waals surface area (Å²) in [5.41, 5.74) is 1.19. The van der Waals surface area contributed by atoms with Crippen LogP contribution in [0.5, 0.6) is 5.75 Å². The number of carbonyl (C=O) groups is 1. The maximum atomic E-state index is 12.1. The summed E-state index contributed by atoms with van der Waals surface area (Å²) in [6.45, 7) is 3.63. The van der Waals surface area contributed by atoms with Gasteiger partial charge in [-0.25, -0.2) is 0 Å². The van der Waals surface area contributed by atoms with E-state index in [0.29, 0.717) is 16.8 Å². The van der Waals surface area contributed by atoms with E-state index in [9.17, 15) is 14.3 Å². The average Bonchev–Trinajstić information content (AvgIpc) is 2.85. The van der Waals surface area contributed by atoms with Crippen molar-refractivity contribution in [2.75, 3.05) is 47.5 Å². The second kappa shape index (κ2) is 20.4. The van der Waals surface area contributed by atoms with Gasteiger partial charge >= 0.3 is 5.97 Å². The van der Waals surface area contributed by atoms with Gasteiger partial charge in [0.2, 0.25) is 0 Å². The molecule has 2 unspecified atom stereocenters. The SMILES string of the molecule is CCCCCCCCCCCCCCc1cccc(OCC(COP(=O)([O-])OCC[N+](C)(C)C)OC(C)=O)c1. The van der Waals surface area contributed by atoms with Crippen LogP contribution < -0.4 is 9.63 Å². The number of unbranched alkanes of at least 4 members (excludes halogenated alkanes) is 11. The molecule has 1 rings (SSSR count). The third kappa shape index (κ3) is 21.0. The first-order valence-corrected chi connectivity index (χ1v) is 16.3. The van der Waals surface area contributed by atoms with E-state index >= 15 is 0 Å². The molecule has 8 nitrogen and oxygen atoms in total. The number of ether oxygens (including phenoxy) is 2. The molecule has 226 valence electrons. The van der Waals surface area contributed by atoms with Gasteiger partial charge in [-0.2, -0.15) is 0 Å². The fraction of sp³-hybridized carbons (Fsp3) is 0.767. The lowest BCUT2D eigenvalue weighted by molar-refractivity contribution is -0.870. The Morgan fingerprint density at radius 1 is 0.897 bits per heavy atom. The molecule has 2 atom stereocenters. The van der Waals surface area contributed by atoms with Gasteiger partial charge in [-0.15, -0.1) is 0 Å². The number of nitrogens with zero attached hydrogens (tertiary/aromatic N) is 1. The van der Waals surface area contributed by atoms with Crippen LogP contribution in [0.25, 0.3) is 0 Å². The standard InChI is InChI=1S/C30H54NO7P/c1-6-7-8-9-10-11-12-13-14-15-16-17-19-28-20-18-21-29(24-28)35-25-30(38-27(2)32)26-37-39(33,34)36-23-22-31(3,4)5/h18,20-21,24,30H,6-17,19,22-23,25-26H2,1-5H3. The van der Waals surface area contributed by atoms with Crippen molar-refractivity contribution in [3.05, 3.63) is 29.8 Å². The molecule has 0 aliphatic rings. The highest BCUT2D eigenvalue weighted by molar-refractivity contribution is 7.45. The number of aryl methyl sites for hydroxylation is 1. The molecule has 0 fully saturated rings. The molecule has 0 aliphatic heterocycles. The van der Waals surface area contributed by atoms with Gasteiger partial charge in [0.25, 0.3) is 7.82 Å². The number of likely N-dealkylation sites (N-methyl/N-ethyl adjacent to an activating group) is 1. The first kappa shape index (κ1) is 35.6. The van der Waals surface area contributed by atoms with E-state index < -0.39 is 19.9 Å². The van der Waals surface area contributed by atoms with E-state index in [1.807, 2.05) is 39.3 Å². The number of quaternary nitrogens is 1. The minimum Gasteiger partial charge on any atom is -0.756 e. The summed E-state index contributed by atoms with van der Waals surface area (Å²) in [5.74, 6) is 0.104. The molecule has 0 bridgehead atoms. The van der Waals surface area contributed by atoms with Gasteiger partial charge < -0.3 is 27.9 Å². The van der Waals surface area contributed by atoms with Crippen LogP contribution in [0.2, 0.25) is 0 Å². The van der Waals surface area contributed by atoms with Gasteiger partial charge in [0.1, 0.15) is 25.5 Å². The van der Waals surface area contributed by atoms with Crippen LogP contribution in [0, 0.1) is 0 Å². The van der Waals surface area contributed by atoms with Crippen LogP contribution in [0.1, 0.15) is 96.5 Å². The fourth-order valence-electron chi connectivity index (χ4n) is 4.14. The second-order valence-electron chi connectivity index (χ2n) is 11.4. The van der Waals surface area contributed by atoms with Gasteiger partial charge in [0.15, 0.2) is 6.10 Å². The van der Waals surface area contributed by atoms with Crippen molar-refractivity contribution >= 4 is 13.8 Å². The summed E-state index contributed by atoms with van der Waals surface area (Å²) in [4.78, 5) is 23.6. The van der Waals surface area contributed by atoms with Crippen molar-refractivity contribution < 1.29 is 37.3 Å². The number of phosphoric acid groups is 1. The minimum absolute atomic E-state index is 0.00496. The molecule has 0 saturated heterocycles. The van der Waals surface area contributed by atoms with E-state index in [4.69, 9.17) is 18.5 Å². The van der Waals surface area contributed by atoms with Gasteiger partial charge in [0.05, 0.1) is 27.7 Å². The Kier molecular flexibility index (Phi) is 18.6. The number of benzene rings is 1. The Hall–Kier alpha value is -1.44. The van der Waals surface area contributed by atoms with Crippen molar-refractivity contribution in [2.45, 2.75) is 103 Å². The normalized spacial score (nSPS) is 14.1. The summed E-state index contributed by atoms with van der Waals surface area (Å²) in [5, 5.41) is 0. The Morgan fingerprint density at radius 3 is 2.05 bits per heavy atom. The van der Waals surface area contributed by atoms with E-state index in [1.54, 1.807) is 0 Å². The van der Waals surface area contributed by atoms with Crippen molar-refractivity contribution in [2.24, 2.45) is 0 Å². The zero-order chi connectivity index (χ0) is 29.0. The summed E-state index contributed by atoms with van der Waals surface area (Å²) < 4.78 is 33.5. The number of hydrogen-bond donors (Lipinski definition) is 0. The highest BCUT2D eigenvalue weighted by Gasteiger charge is 2.19. The van der Waals surface area contributed by atoms with Gasteiger partial charge in [0, 0.05) is 6.92 Å². The highest BCUT2D eigenvalue weighted by Crippen LogP contribution is 2.38. The Morgan fingerprint density at radius 2 is 1.49 bits per heavy atom. The molecule has 0 heterocycles. The third-order valence-corrected chi connectivity index (χ3v) is 7.38. The van der Waals surface area contributed by atoms with Crippen molar-refractivity contribution in [3.8, 4) is 5.75 Å². The van der Waals surface area contributed by atoms with E-state index in [1.165, 1.54) is 83.1 Å². The molecule has 0 aromatic heterocycles. The Labute approximate surface area is 237 Å². The molecule has 9 heteroatoms. The van der Waals surface area contributed by atoms with Crippen molar-refractivity contribution in [3.63, 3.8) is 0 Å². The maximum Gasteiger partial charge on any atom is 0.303 e. The number of esters is 1. The molecule has 0 spiro atoms.